The molecular weight excluding hydrogens is 374 g/mol. The van der Waals surface area contributed by atoms with Crippen molar-refractivity contribution in [1.82, 2.24) is 25.5 Å². The fourth-order valence-electron chi connectivity index (χ4n) is 4.64. The first kappa shape index (κ1) is 21.2. The Morgan fingerprint density at radius 2 is 2.00 bits per heavy atom. The lowest BCUT2D eigenvalue weighted by Crippen LogP contribution is -2.67. The molecule has 0 aromatic carbocycles. The van der Waals surface area contributed by atoms with Crippen LogP contribution in [0.2, 0.25) is 0 Å². The van der Waals surface area contributed by atoms with Gasteiger partial charge in [0.25, 0.3) is 5.97 Å². The van der Waals surface area contributed by atoms with Gasteiger partial charge in [-0.2, -0.15) is 0 Å². The van der Waals surface area contributed by atoms with E-state index in [0.29, 0.717) is 18.9 Å². The van der Waals surface area contributed by atoms with Gasteiger partial charge in [0.2, 0.25) is 11.8 Å². The molecule has 9 heteroatoms. The first-order valence-corrected chi connectivity index (χ1v) is 10.1. The van der Waals surface area contributed by atoms with E-state index in [2.05, 4.69) is 20.6 Å². The Labute approximate surface area is 170 Å². The lowest BCUT2D eigenvalue weighted by Gasteiger charge is -2.53. The number of hydrogen-bond acceptors (Lipinski definition) is 6. The van der Waals surface area contributed by atoms with Gasteiger partial charge in [-0.15, -0.1) is 0 Å². The average molecular weight is 403 g/mol. The molecule has 1 aromatic rings. The van der Waals surface area contributed by atoms with Crippen LogP contribution in [-0.2, 0) is 20.9 Å². The molecule has 1 aromatic heterocycles. The third-order valence-corrected chi connectivity index (χ3v) is 5.79. The number of carbonyl (C=O) groups is 3. The van der Waals surface area contributed by atoms with E-state index in [1.165, 1.54) is 0 Å². The maximum absolute atomic E-state index is 13.0. The summed E-state index contributed by atoms with van der Waals surface area (Å²) in [5.41, 5.74) is 1.58. The van der Waals surface area contributed by atoms with Crippen LogP contribution >= 0.6 is 0 Å². The van der Waals surface area contributed by atoms with Crippen molar-refractivity contribution in [2.24, 2.45) is 11.8 Å². The second kappa shape index (κ2) is 9.30. The number of carboxylic acid groups (broad SMARTS) is 1. The smallest absolute Gasteiger partial charge is 0.300 e. The SMILES string of the molecule is CC(=O)O.Cc1cnc(CNC(=O)[C@H]2[C@@H]3CNC[C@@H](C3)[C@@H]3CCCC(=O)N32)cn1. The zero-order chi connectivity index (χ0) is 21.0. The molecule has 9 nitrogen and oxygen atoms in total. The number of amides is 2. The predicted molar refractivity (Wildman–Crippen MR) is 105 cm³/mol. The summed E-state index contributed by atoms with van der Waals surface area (Å²) in [5.74, 6) is -0.0749. The Morgan fingerprint density at radius 1 is 1.28 bits per heavy atom. The number of nitrogens with zero attached hydrogens (tertiary/aromatic N) is 3. The molecule has 3 saturated heterocycles. The quantitative estimate of drug-likeness (QED) is 0.670. The molecule has 2 bridgehead atoms. The molecule has 0 radical (unpaired) electrons. The Bertz CT molecular complexity index is 750. The van der Waals surface area contributed by atoms with Crippen LogP contribution in [0.4, 0.5) is 0 Å². The van der Waals surface area contributed by atoms with Crippen LogP contribution in [0.3, 0.4) is 0 Å². The highest BCUT2D eigenvalue weighted by Crippen LogP contribution is 2.39. The summed E-state index contributed by atoms with van der Waals surface area (Å²) in [6.45, 7) is 5.07. The summed E-state index contributed by atoms with van der Waals surface area (Å²) in [5, 5.41) is 13.9. The molecular formula is C20H29N5O4. The summed E-state index contributed by atoms with van der Waals surface area (Å²) in [6, 6.07) is -0.152. The molecule has 0 spiro atoms. The Balaban J connectivity index is 0.000000552. The van der Waals surface area contributed by atoms with Crippen LogP contribution in [0.15, 0.2) is 12.4 Å². The topological polar surface area (TPSA) is 125 Å². The molecule has 2 amide bonds. The Kier molecular flexibility index (Phi) is 6.79. The van der Waals surface area contributed by atoms with E-state index in [4.69, 9.17) is 9.90 Å². The van der Waals surface area contributed by atoms with Crippen LogP contribution in [0.25, 0.3) is 0 Å². The molecule has 3 aliphatic heterocycles. The number of rotatable bonds is 3. The van der Waals surface area contributed by atoms with Gasteiger partial charge in [-0.05, 0) is 38.6 Å². The number of fused-ring (bicyclic) bond motifs is 4. The molecule has 3 fully saturated rings. The summed E-state index contributed by atoms with van der Waals surface area (Å²) in [7, 11) is 0. The van der Waals surface area contributed by atoms with Gasteiger partial charge in [0, 0.05) is 38.0 Å². The number of aryl methyl sites for hydroxylation is 1. The number of nitrogens with one attached hydrogen (secondary N) is 2. The summed E-state index contributed by atoms with van der Waals surface area (Å²) < 4.78 is 0. The van der Waals surface area contributed by atoms with Crippen LogP contribution in [0.5, 0.6) is 0 Å². The maximum Gasteiger partial charge on any atom is 0.300 e. The highest BCUT2D eigenvalue weighted by atomic mass is 16.4. The van der Waals surface area contributed by atoms with Crippen molar-refractivity contribution in [1.29, 1.82) is 0 Å². The van der Waals surface area contributed by atoms with Crippen molar-refractivity contribution >= 4 is 17.8 Å². The molecule has 4 heterocycles. The molecule has 0 unspecified atom stereocenters. The van der Waals surface area contributed by atoms with Gasteiger partial charge in [0.05, 0.1) is 24.1 Å². The van der Waals surface area contributed by atoms with Gasteiger partial charge in [-0.3, -0.25) is 24.4 Å². The maximum atomic E-state index is 13.0. The number of piperidine rings is 3. The molecule has 0 aliphatic carbocycles. The van der Waals surface area contributed by atoms with Crippen molar-refractivity contribution in [2.45, 2.75) is 58.2 Å². The monoisotopic (exact) mass is 403 g/mol. The lowest BCUT2D eigenvalue weighted by atomic mass is 9.72. The third kappa shape index (κ3) is 5.09. The molecule has 4 atom stereocenters. The Hall–Kier alpha value is -2.55. The van der Waals surface area contributed by atoms with Crippen LogP contribution in [0.1, 0.15) is 44.0 Å². The fourth-order valence-corrected chi connectivity index (χ4v) is 4.64. The first-order valence-electron chi connectivity index (χ1n) is 10.1. The number of carbonyl (C=O) groups excluding carboxylic acids is 2. The van der Waals surface area contributed by atoms with Gasteiger partial charge in [-0.25, -0.2) is 0 Å². The van der Waals surface area contributed by atoms with Gasteiger partial charge in [0.15, 0.2) is 0 Å². The van der Waals surface area contributed by atoms with E-state index in [9.17, 15) is 9.59 Å². The van der Waals surface area contributed by atoms with Crippen molar-refractivity contribution in [2.75, 3.05) is 13.1 Å². The van der Waals surface area contributed by atoms with Gasteiger partial charge in [-0.1, -0.05) is 0 Å². The predicted octanol–water partition coefficient (Wildman–Crippen LogP) is 0.481. The Morgan fingerprint density at radius 3 is 2.69 bits per heavy atom. The van der Waals surface area contributed by atoms with Gasteiger partial charge >= 0.3 is 0 Å². The molecule has 0 saturated carbocycles. The molecule has 3 aliphatic rings. The number of hydrogen-bond donors (Lipinski definition) is 3. The lowest BCUT2D eigenvalue weighted by molar-refractivity contribution is -0.157. The number of aromatic nitrogens is 2. The molecule has 158 valence electrons. The largest absolute Gasteiger partial charge is 0.481 e. The van der Waals surface area contributed by atoms with E-state index < -0.39 is 5.97 Å². The molecule has 4 rings (SSSR count). The number of aliphatic carboxylic acids is 1. The van der Waals surface area contributed by atoms with Crippen LogP contribution < -0.4 is 10.6 Å². The molecule has 29 heavy (non-hydrogen) atoms. The standard InChI is InChI=1S/C18H25N5O2.C2H4O2/c1-11-6-21-14(9-20-11)10-22-18(25)17-13-5-12(7-19-8-13)15-3-2-4-16(24)23(15)17;1-2(3)4/h6,9,12-13,15,17,19H,2-5,7-8,10H2,1H3,(H,22,25);1H3,(H,3,4)/t12-,13+,15+,17-;/m1./s1. The second-order valence-corrected chi connectivity index (χ2v) is 8.01. The zero-order valence-corrected chi connectivity index (χ0v) is 16.9. The highest BCUT2D eigenvalue weighted by molar-refractivity contribution is 5.89. The van der Waals surface area contributed by atoms with E-state index in [1.54, 1.807) is 12.4 Å². The van der Waals surface area contributed by atoms with Gasteiger partial charge in [0.1, 0.15) is 6.04 Å². The van der Waals surface area contributed by atoms with Crippen molar-refractivity contribution < 1.29 is 19.5 Å². The highest BCUT2D eigenvalue weighted by Gasteiger charge is 2.50. The summed E-state index contributed by atoms with van der Waals surface area (Å²) in [6.07, 6.45) is 6.93. The third-order valence-electron chi connectivity index (χ3n) is 5.79. The first-order chi connectivity index (χ1) is 13.9. The minimum absolute atomic E-state index is 0.0604. The number of carboxylic acids is 1. The zero-order valence-electron chi connectivity index (χ0n) is 16.9. The van der Waals surface area contributed by atoms with E-state index in [0.717, 1.165) is 50.7 Å². The summed E-state index contributed by atoms with van der Waals surface area (Å²) in [4.78, 5) is 45.0. The van der Waals surface area contributed by atoms with Crippen LogP contribution in [-0.4, -0.2) is 62.9 Å². The second-order valence-electron chi connectivity index (χ2n) is 8.01. The van der Waals surface area contributed by atoms with Crippen LogP contribution in [0, 0.1) is 18.8 Å². The fraction of sp³-hybridized carbons (Fsp3) is 0.650. The van der Waals surface area contributed by atoms with Crippen molar-refractivity contribution in [3.8, 4) is 0 Å². The van der Waals surface area contributed by atoms with Crippen molar-refractivity contribution in [3.63, 3.8) is 0 Å². The average Bonchev–Trinajstić information content (AvgIpc) is 2.68. The van der Waals surface area contributed by atoms with E-state index in [-0.39, 0.29) is 29.8 Å². The molecule has 3 N–H and O–H groups in total. The summed E-state index contributed by atoms with van der Waals surface area (Å²) >= 11 is 0. The van der Waals surface area contributed by atoms with Crippen molar-refractivity contribution in [3.05, 3.63) is 23.8 Å². The minimum atomic E-state index is -0.833. The van der Waals surface area contributed by atoms with E-state index >= 15 is 0 Å². The van der Waals surface area contributed by atoms with Gasteiger partial charge < -0.3 is 20.6 Å². The van der Waals surface area contributed by atoms with E-state index in [1.807, 2.05) is 11.8 Å². The normalized spacial score (nSPS) is 27.9. The minimum Gasteiger partial charge on any atom is -0.481 e.